The smallest absolute Gasteiger partial charge is 0.185 e. The maximum atomic E-state index is 4.42. The SMILES string of the molecule is CCC(CC)(CNC)CN1CCN(c2nccs2)CC1. The van der Waals surface area contributed by atoms with Gasteiger partial charge in [-0.15, -0.1) is 11.3 Å². The molecule has 0 amide bonds. The molecule has 1 saturated heterocycles. The van der Waals surface area contributed by atoms with Gasteiger partial charge in [0.1, 0.15) is 0 Å². The Morgan fingerprint density at radius 2 is 1.95 bits per heavy atom. The van der Waals surface area contributed by atoms with Gasteiger partial charge in [-0.3, -0.25) is 4.90 Å². The van der Waals surface area contributed by atoms with Gasteiger partial charge >= 0.3 is 0 Å². The van der Waals surface area contributed by atoms with Crippen LogP contribution in [-0.4, -0.2) is 56.2 Å². The molecule has 0 bridgehead atoms. The van der Waals surface area contributed by atoms with Crippen LogP contribution in [0.25, 0.3) is 0 Å². The van der Waals surface area contributed by atoms with Crippen molar-refractivity contribution >= 4 is 16.5 Å². The number of piperazine rings is 1. The first-order valence-corrected chi connectivity index (χ1v) is 8.62. The number of anilines is 1. The van der Waals surface area contributed by atoms with E-state index in [1.165, 1.54) is 24.5 Å². The predicted molar refractivity (Wildman–Crippen MR) is 87.7 cm³/mol. The molecule has 2 rings (SSSR count). The van der Waals surface area contributed by atoms with Gasteiger partial charge in [0.15, 0.2) is 5.13 Å². The quantitative estimate of drug-likeness (QED) is 0.836. The molecule has 2 heterocycles. The molecule has 0 atom stereocenters. The highest BCUT2D eigenvalue weighted by Gasteiger charge is 2.30. The number of nitrogens with zero attached hydrogens (tertiary/aromatic N) is 3. The Hall–Kier alpha value is -0.650. The van der Waals surface area contributed by atoms with Crippen molar-refractivity contribution in [3.05, 3.63) is 11.6 Å². The van der Waals surface area contributed by atoms with Crippen LogP contribution in [0.5, 0.6) is 0 Å². The van der Waals surface area contributed by atoms with Crippen LogP contribution in [0.4, 0.5) is 5.13 Å². The fraction of sp³-hybridized carbons (Fsp3) is 0.800. The van der Waals surface area contributed by atoms with E-state index >= 15 is 0 Å². The summed E-state index contributed by atoms with van der Waals surface area (Å²) in [7, 11) is 2.07. The van der Waals surface area contributed by atoms with E-state index in [9.17, 15) is 0 Å². The van der Waals surface area contributed by atoms with E-state index in [0.29, 0.717) is 5.41 Å². The highest BCUT2D eigenvalue weighted by Crippen LogP contribution is 2.28. The van der Waals surface area contributed by atoms with Crippen molar-refractivity contribution in [3.63, 3.8) is 0 Å². The molecule has 0 radical (unpaired) electrons. The first kappa shape index (κ1) is 15.7. The second kappa shape index (κ2) is 7.38. The summed E-state index contributed by atoms with van der Waals surface area (Å²) in [6, 6.07) is 0. The molecule has 0 unspecified atom stereocenters. The molecular formula is C15H28N4S. The number of thiazole rings is 1. The van der Waals surface area contributed by atoms with E-state index in [2.05, 4.69) is 46.4 Å². The minimum Gasteiger partial charge on any atom is -0.346 e. The van der Waals surface area contributed by atoms with Crippen LogP contribution >= 0.6 is 11.3 Å². The van der Waals surface area contributed by atoms with Gasteiger partial charge in [-0.25, -0.2) is 4.98 Å². The molecule has 114 valence electrons. The number of hydrogen-bond donors (Lipinski definition) is 1. The van der Waals surface area contributed by atoms with Gasteiger partial charge < -0.3 is 10.2 Å². The van der Waals surface area contributed by atoms with Crippen LogP contribution in [0.3, 0.4) is 0 Å². The average molecular weight is 296 g/mol. The molecule has 5 heteroatoms. The van der Waals surface area contributed by atoms with Gasteiger partial charge in [0.2, 0.25) is 0 Å². The van der Waals surface area contributed by atoms with Crippen LogP contribution in [0.1, 0.15) is 26.7 Å². The first-order valence-electron chi connectivity index (χ1n) is 7.74. The summed E-state index contributed by atoms with van der Waals surface area (Å²) in [6.45, 7) is 11.5. The minimum atomic E-state index is 0.429. The molecule has 1 aliphatic heterocycles. The molecule has 0 spiro atoms. The molecule has 0 aromatic carbocycles. The van der Waals surface area contributed by atoms with Crippen molar-refractivity contribution in [2.24, 2.45) is 5.41 Å². The van der Waals surface area contributed by atoms with Gasteiger partial charge in [0.25, 0.3) is 0 Å². The van der Waals surface area contributed by atoms with E-state index in [-0.39, 0.29) is 0 Å². The average Bonchev–Trinajstić information content (AvgIpc) is 3.02. The lowest BCUT2D eigenvalue weighted by molar-refractivity contribution is 0.131. The third-order valence-electron chi connectivity index (χ3n) is 4.67. The van der Waals surface area contributed by atoms with Gasteiger partial charge in [0, 0.05) is 50.8 Å². The van der Waals surface area contributed by atoms with Gasteiger partial charge in [-0.05, 0) is 25.3 Å². The van der Waals surface area contributed by atoms with Gasteiger partial charge in [0.05, 0.1) is 0 Å². The van der Waals surface area contributed by atoms with Crippen LogP contribution in [0.15, 0.2) is 11.6 Å². The van der Waals surface area contributed by atoms with Crippen LogP contribution in [0.2, 0.25) is 0 Å². The van der Waals surface area contributed by atoms with Crippen molar-refractivity contribution in [2.75, 3.05) is 51.2 Å². The van der Waals surface area contributed by atoms with Crippen molar-refractivity contribution in [1.82, 2.24) is 15.2 Å². The molecule has 1 aromatic rings. The maximum absolute atomic E-state index is 4.42. The Kier molecular flexibility index (Phi) is 5.81. The molecule has 0 saturated carbocycles. The fourth-order valence-corrected chi connectivity index (χ4v) is 3.80. The number of nitrogens with one attached hydrogen (secondary N) is 1. The van der Waals surface area contributed by atoms with Crippen molar-refractivity contribution < 1.29 is 0 Å². The fourth-order valence-electron chi connectivity index (χ4n) is 3.10. The van der Waals surface area contributed by atoms with Gasteiger partial charge in [-0.1, -0.05) is 13.8 Å². The molecule has 0 aliphatic carbocycles. The minimum absolute atomic E-state index is 0.429. The van der Waals surface area contributed by atoms with Crippen molar-refractivity contribution in [3.8, 4) is 0 Å². The molecule has 1 fully saturated rings. The van der Waals surface area contributed by atoms with Crippen LogP contribution in [0, 0.1) is 5.41 Å². The largest absolute Gasteiger partial charge is 0.346 e. The number of hydrogen-bond acceptors (Lipinski definition) is 5. The standard InChI is InChI=1S/C15H28N4S/c1-4-15(5-2,12-16-3)13-18-7-9-19(10-8-18)14-17-6-11-20-14/h6,11,16H,4-5,7-10,12-13H2,1-3H3. The Bertz CT molecular complexity index is 367. The molecule has 1 N–H and O–H groups in total. The van der Waals surface area contributed by atoms with Crippen LogP contribution in [-0.2, 0) is 0 Å². The van der Waals surface area contributed by atoms with E-state index < -0.39 is 0 Å². The summed E-state index contributed by atoms with van der Waals surface area (Å²) in [5.41, 5.74) is 0.429. The lowest BCUT2D eigenvalue weighted by atomic mass is 9.81. The predicted octanol–water partition coefficient (Wildman–Crippen LogP) is 2.29. The van der Waals surface area contributed by atoms with E-state index in [1.807, 2.05) is 6.20 Å². The number of rotatable bonds is 7. The third-order valence-corrected chi connectivity index (χ3v) is 5.51. The topological polar surface area (TPSA) is 31.4 Å². The van der Waals surface area contributed by atoms with Gasteiger partial charge in [-0.2, -0.15) is 0 Å². The molecule has 1 aliphatic rings. The summed E-state index contributed by atoms with van der Waals surface area (Å²) in [6.07, 6.45) is 4.40. The third kappa shape index (κ3) is 3.71. The van der Waals surface area contributed by atoms with Crippen molar-refractivity contribution in [1.29, 1.82) is 0 Å². The molecule has 4 nitrogen and oxygen atoms in total. The van der Waals surface area contributed by atoms with E-state index in [0.717, 1.165) is 32.7 Å². The zero-order valence-corrected chi connectivity index (χ0v) is 13.9. The molecule has 20 heavy (non-hydrogen) atoms. The summed E-state index contributed by atoms with van der Waals surface area (Å²) in [5.74, 6) is 0. The van der Waals surface area contributed by atoms with E-state index in [1.54, 1.807) is 11.3 Å². The Morgan fingerprint density at radius 1 is 1.25 bits per heavy atom. The summed E-state index contributed by atoms with van der Waals surface area (Å²) < 4.78 is 0. The zero-order chi connectivity index (χ0) is 14.4. The maximum Gasteiger partial charge on any atom is 0.185 e. The second-order valence-corrected chi connectivity index (χ2v) is 6.69. The normalized spacial score (nSPS) is 17.6. The summed E-state index contributed by atoms with van der Waals surface area (Å²) >= 11 is 1.75. The Labute approximate surface area is 127 Å². The lowest BCUT2D eigenvalue weighted by Gasteiger charge is -2.41. The summed E-state index contributed by atoms with van der Waals surface area (Å²) in [4.78, 5) is 9.47. The Balaban J connectivity index is 1.87. The zero-order valence-electron chi connectivity index (χ0n) is 13.1. The van der Waals surface area contributed by atoms with Crippen molar-refractivity contribution in [2.45, 2.75) is 26.7 Å². The highest BCUT2D eigenvalue weighted by atomic mass is 32.1. The first-order chi connectivity index (χ1) is 9.73. The second-order valence-electron chi connectivity index (χ2n) is 5.82. The monoisotopic (exact) mass is 296 g/mol. The van der Waals surface area contributed by atoms with E-state index in [4.69, 9.17) is 0 Å². The lowest BCUT2D eigenvalue weighted by Crippen LogP contribution is -2.51. The molecule has 1 aromatic heterocycles. The number of aromatic nitrogens is 1. The highest BCUT2D eigenvalue weighted by molar-refractivity contribution is 7.13. The van der Waals surface area contributed by atoms with Crippen LogP contribution < -0.4 is 10.2 Å². The Morgan fingerprint density at radius 3 is 2.45 bits per heavy atom. The molecular weight excluding hydrogens is 268 g/mol. The summed E-state index contributed by atoms with van der Waals surface area (Å²) in [5, 5.41) is 6.63.